The fourth-order valence-corrected chi connectivity index (χ4v) is 1.56. The van der Waals surface area contributed by atoms with Crippen molar-refractivity contribution in [3.63, 3.8) is 0 Å². The summed E-state index contributed by atoms with van der Waals surface area (Å²) in [6.07, 6.45) is 1.02. The second-order valence-electron chi connectivity index (χ2n) is 3.55. The molecule has 0 aromatic heterocycles. The molecule has 0 N–H and O–H groups in total. The van der Waals surface area contributed by atoms with Crippen LogP contribution in [0.3, 0.4) is 0 Å². The van der Waals surface area contributed by atoms with Crippen molar-refractivity contribution in [2.45, 2.75) is 20.3 Å². The highest BCUT2D eigenvalue weighted by Gasteiger charge is 2.22. The van der Waals surface area contributed by atoms with Gasteiger partial charge < -0.3 is 9.80 Å². The van der Waals surface area contributed by atoms with Crippen LogP contribution in [0.25, 0.3) is 0 Å². The Hall–Kier alpha value is -0.420. The summed E-state index contributed by atoms with van der Waals surface area (Å²) in [5.74, 6) is 0. The SMILES string of the molecule is CC.CN(C)CCN1CCCN(S)C1=O. The molecule has 0 aliphatic carbocycles. The van der Waals surface area contributed by atoms with E-state index in [4.69, 9.17) is 0 Å². The number of amides is 2. The first kappa shape index (κ1) is 14.6. The van der Waals surface area contributed by atoms with Crippen LogP contribution in [0, 0.1) is 0 Å². The zero-order valence-corrected chi connectivity index (χ0v) is 11.1. The summed E-state index contributed by atoms with van der Waals surface area (Å²) < 4.78 is 1.49. The highest BCUT2D eigenvalue weighted by molar-refractivity contribution is 7.78. The number of carbonyl (C=O) groups is 1. The van der Waals surface area contributed by atoms with E-state index in [0.29, 0.717) is 0 Å². The van der Waals surface area contributed by atoms with Crippen molar-refractivity contribution in [1.82, 2.24) is 14.1 Å². The van der Waals surface area contributed by atoms with E-state index in [-0.39, 0.29) is 6.03 Å². The minimum Gasteiger partial charge on any atom is -0.323 e. The van der Waals surface area contributed by atoms with Gasteiger partial charge in [-0.1, -0.05) is 26.7 Å². The van der Waals surface area contributed by atoms with E-state index in [1.807, 2.05) is 32.8 Å². The first-order chi connectivity index (χ1) is 7.11. The topological polar surface area (TPSA) is 26.8 Å². The van der Waals surface area contributed by atoms with Crippen LogP contribution in [-0.4, -0.2) is 60.4 Å². The second-order valence-corrected chi connectivity index (χ2v) is 4.03. The molecule has 0 radical (unpaired) electrons. The quantitative estimate of drug-likeness (QED) is 0.749. The maximum atomic E-state index is 11.5. The molecule has 2 amide bonds. The first-order valence-corrected chi connectivity index (χ1v) is 5.91. The van der Waals surface area contributed by atoms with E-state index in [1.54, 1.807) is 0 Å². The summed E-state index contributed by atoms with van der Waals surface area (Å²) in [7, 11) is 4.01. The number of likely N-dealkylation sites (N-methyl/N-ethyl adjacent to an activating group) is 1. The van der Waals surface area contributed by atoms with Crippen molar-refractivity contribution in [3.8, 4) is 0 Å². The van der Waals surface area contributed by atoms with Crippen molar-refractivity contribution in [2.24, 2.45) is 0 Å². The van der Waals surface area contributed by atoms with E-state index in [1.165, 1.54) is 4.31 Å². The summed E-state index contributed by atoms with van der Waals surface area (Å²) in [6, 6.07) is 0.0384. The summed E-state index contributed by atoms with van der Waals surface area (Å²) in [6.45, 7) is 7.33. The van der Waals surface area contributed by atoms with Gasteiger partial charge >= 0.3 is 6.03 Å². The Morgan fingerprint density at radius 3 is 2.47 bits per heavy atom. The van der Waals surface area contributed by atoms with Gasteiger partial charge in [-0.15, -0.1) is 0 Å². The highest BCUT2D eigenvalue weighted by Crippen LogP contribution is 2.10. The monoisotopic (exact) mass is 233 g/mol. The molecule has 1 saturated heterocycles. The predicted octanol–water partition coefficient (Wildman–Crippen LogP) is 1.55. The van der Waals surface area contributed by atoms with E-state index < -0.39 is 0 Å². The lowest BCUT2D eigenvalue weighted by molar-refractivity contribution is 0.158. The molecular formula is C10H23N3OS. The highest BCUT2D eigenvalue weighted by atomic mass is 32.1. The van der Waals surface area contributed by atoms with Gasteiger partial charge in [-0.05, 0) is 20.5 Å². The molecule has 1 heterocycles. The van der Waals surface area contributed by atoms with E-state index >= 15 is 0 Å². The number of nitrogens with zero attached hydrogens (tertiary/aromatic N) is 3. The zero-order valence-electron chi connectivity index (χ0n) is 10.2. The molecular weight excluding hydrogens is 210 g/mol. The van der Waals surface area contributed by atoms with Gasteiger partial charge in [0.25, 0.3) is 0 Å². The van der Waals surface area contributed by atoms with Crippen LogP contribution in [0.15, 0.2) is 0 Å². The van der Waals surface area contributed by atoms with Gasteiger partial charge in [0.05, 0.1) is 0 Å². The average molecular weight is 233 g/mol. The van der Waals surface area contributed by atoms with Crippen LogP contribution in [0.5, 0.6) is 0 Å². The van der Waals surface area contributed by atoms with Gasteiger partial charge in [0, 0.05) is 26.2 Å². The van der Waals surface area contributed by atoms with Gasteiger partial charge in [0.2, 0.25) is 0 Å². The zero-order chi connectivity index (χ0) is 11.8. The van der Waals surface area contributed by atoms with Crippen LogP contribution in [0.2, 0.25) is 0 Å². The lowest BCUT2D eigenvalue weighted by atomic mass is 10.3. The van der Waals surface area contributed by atoms with Gasteiger partial charge in [0.1, 0.15) is 0 Å². The number of hydrogen-bond donors (Lipinski definition) is 1. The molecule has 0 spiro atoms. The van der Waals surface area contributed by atoms with E-state index in [9.17, 15) is 4.79 Å². The third kappa shape index (κ3) is 5.28. The molecule has 15 heavy (non-hydrogen) atoms. The number of carbonyl (C=O) groups excluding carboxylic acids is 1. The standard InChI is InChI=1S/C8H17N3OS.C2H6/c1-9(2)6-7-10-4-3-5-11(13)8(10)12;1-2/h13H,3-7H2,1-2H3;1-2H3. The molecule has 90 valence electrons. The fourth-order valence-electron chi connectivity index (χ4n) is 1.29. The maximum absolute atomic E-state index is 11.5. The van der Waals surface area contributed by atoms with Crippen LogP contribution in [-0.2, 0) is 0 Å². The lowest BCUT2D eigenvalue weighted by Gasteiger charge is -2.32. The van der Waals surface area contributed by atoms with Crippen molar-refractivity contribution < 1.29 is 4.79 Å². The summed E-state index contributed by atoms with van der Waals surface area (Å²) >= 11 is 4.09. The third-order valence-corrected chi connectivity index (χ3v) is 2.48. The Morgan fingerprint density at radius 1 is 1.33 bits per heavy atom. The normalized spacial score (nSPS) is 16.5. The molecule has 1 aliphatic heterocycles. The predicted molar refractivity (Wildman–Crippen MR) is 67.2 cm³/mol. The van der Waals surface area contributed by atoms with E-state index in [0.717, 1.165) is 32.6 Å². The number of rotatable bonds is 3. The molecule has 0 saturated carbocycles. The minimum absolute atomic E-state index is 0.0384. The van der Waals surface area contributed by atoms with Crippen molar-refractivity contribution >= 4 is 18.8 Å². The molecule has 0 atom stereocenters. The van der Waals surface area contributed by atoms with Gasteiger partial charge in [-0.25, -0.2) is 4.79 Å². The third-order valence-electron chi connectivity index (χ3n) is 2.11. The molecule has 0 bridgehead atoms. The maximum Gasteiger partial charge on any atom is 0.329 e. The molecule has 0 aromatic rings. The van der Waals surface area contributed by atoms with Crippen LogP contribution in [0.4, 0.5) is 4.79 Å². The average Bonchev–Trinajstić information content (AvgIpc) is 2.23. The van der Waals surface area contributed by atoms with Gasteiger partial charge in [-0.2, -0.15) is 0 Å². The molecule has 0 unspecified atom stereocenters. The van der Waals surface area contributed by atoms with Crippen LogP contribution < -0.4 is 0 Å². The number of hydrogen-bond acceptors (Lipinski definition) is 3. The number of thiol groups is 1. The molecule has 1 rings (SSSR count). The Morgan fingerprint density at radius 2 is 1.93 bits per heavy atom. The van der Waals surface area contributed by atoms with Crippen LogP contribution >= 0.6 is 12.8 Å². The first-order valence-electron chi connectivity index (χ1n) is 5.51. The Balaban J connectivity index is 0.000000921. The molecule has 0 aromatic carbocycles. The van der Waals surface area contributed by atoms with Crippen LogP contribution in [0.1, 0.15) is 20.3 Å². The molecule has 1 aliphatic rings. The van der Waals surface area contributed by atoms with Crippen molar-refractivity contribution in [3.05, 3.63) is 0 Å². The Labute approximate surface area is 98.8 Å². The summed E-state index contributed by atoms with van der Waals surface area (Å²) in [4.78, 5) is 15.4. The minimum atomic E-state index is 0.0384. The Bertz CT molecular complexity index is 188. The largest absolute Gasteiger partial charge is 0.329 e. The number of urea groups is 1. The summed E-state index contributed by atoms with van der Waals surface area (Å²) in [5, 5.41) is 0. The van der Waals surface area contributed by atoms with Crippen molar-refractivity contribution in [2.75, 3.05) is 40.3 Å². The van der Waals surface area contributed by atoms with Gasteiger partial charge in [-0.3, -0.25) is 4.31 Å². The summed E-state index contributed by atoms with van der Waals surface area (Å²) in [5.41, 5.74) is 0. The van der Waals surface area contributed by atoms with Crippen molar-refractivity contribution in [1.29, 1.82) is 0 Å². The van der Waals surface area contributed by atoms with Gasteiger partial charge in [0.15, 0.2) is 0 Å². The lowest BCUT2D eigenvalue weighted by Crippen LogP contribution is -2.47. The second kappa shape index (κ2) is 7.82. The fraction of sp³-hybridized carbons (Fsp3) is 0.900. The molecule has 1 fully saturated rings. The molecule has 4 nitrogen and oxygen atoms in total. The van der Waals surface area contributed by atoms with E-state index in [2.05, 4.69) is 17.7 Å². The molecule has 5 heteroatoms. The smallest absolute Gasteiger partial charge is 0.323 e. The Kier molecular flexibility index (Phi) is 7.60.